The van der Waals surface area contributed by atoms with Crippen LogP contribution in [-0.4, -0.2) is 55.5 Å². The maximum Gasteiger partial charge on any atom is 0.244 e. The van der Waals surface area contributed by atoms with Crippen LogP contribution in [0, 0.1) is 16.7 Å². The third kappa shape index (κ3) is 3.21. The molecule has 7 heteroatoms. The van der Waals surface area contributed by atoms with E-state index in [9.17, 15) is 14.4 Å². The number of carbonyl (C=O) groups is 3. The van der Waals surface area contributed by atoms with Crippen LogP contribution in [-0.2, 0) is 19.1 Å². The Hall–Kier alpha value is -2.41. The minimum Gasteiger partial charge on any atom is -0.378 e. The summed E-state index contributed by atoms with van der Waals surface area (Å²) in [6, 6.07) is 7.61. The molecule has 2 atom stereocenters. The molecule has 1 aliphatic carbocycles. The molecule has 3 fully saturated rings. The molecule has 4 rings (SSSR count). The molecule has 2 saturated heterocycles. The van der Waals surface area contributed by atoms with Crippen molar-refractivity contribution in [1.29, 1.82) is 0 Å². The lowest BCUT2D eigenvalue weighted by Gasteiger charge is -2.47. The standard InChI is InChI=1S/C22H29N3O4/c1-21(2)17-8-9-22(21,3)20(28)25(19(17)27)14-18(26)23-15-4-6-16(7-5-15)24-10-12-29-13-11-24/h4-7,17H,8-14H2,1-3H3,(H,23,26). The summed E-state index contributed by atoms with van der Waals surface area (Å²) in [4.78, 5) is 41.9. The van der Waals surface area contributed by atoms with Crippen molar-refractivity contribution < 1.29 is 19.1 Å². The van der Waals surface area contributed by atoms with Gasteiger partial charge in [0.1, 0.15) is 6.54 Å². The molecule has 3 amide bonds. The highest BCUT2D eigenvalue weighted by atomic mass is 16.5. The number of piperidine rings is 1. The number of rotatable bonds is 4. The third-order valence-electron chi connectivity index (χ3n) is 7.34. The lowest BCUT2D eigenvalue weighted by Crippen LogP contribution is -2.60. The number of hydrogen-bond donors (Lipinski definition) is 1. The monoisotopic (exact) mass is 399 g/mol. The van der Waals surface area contributed by atoms with E-state index in [0.717, 1.165) is 18.8 Å². The molecule has 2 bridgehead atoms. The molecule has 2 aliphatic heterocycles. The number of hydrogen-bond acceptors (Lipinski definition) is 5. The van der Waals surface area contributed by atoms with Gasteiger partial charge in [0.25, 0.3) is 0 Å². The zero-order valence-corrected chi connectivity index (χ0v) is 17.4. The Morgan fingerprint density at radius 1 is 1.14 bits per heavy atom. The van der Waals surface area contributed by atoms with Crippen molar-refractivity contribution in [3.63, 3.8) is 0 Å². The van der Waals surface area contributed by atoms with Gasteiger partial charge in [-0.25, -0.2) is 0 Å². The average molecular weight is 399 g/mol. The van der Waals surface area contributed by atoms with Gasteiger partial charge in [-0.2, -0.15) is 0 Å². The minimum absolute atomic E-state index is 0.203. The van der Waals surface area contributed by atoms with Crippen LogP contribution in [0.4, 0.5) is 11.4 Å². The molecular weight excluding hydrogens is 370 g/mol. The smallest absolute Gasteiger partial charge is 0.244 e. The summed E-state index contributed by atoms with van der Waals surface area (Å²) in [5, 5.41) is 2.82. The van der Waals surface area contributed by atoms with Crippen molar-refractivity contribution in [2.24, 2.45) is 16.7 Å². The summed E-state index contributed by atoms with van der Waals surface area (Å²) in [6.45, 7) is 8.81. The quantitative estimate of drug-likeness (QED) is 0.786. The first-order valence-corrected chi connectivity index (χ1v) is 10.3. The fraction of sp³-hybridized carbons (Fsp3) is 0.591. The maximum atomic E-state index is 13.0. The molecular formula is C22H29N3O4. The van der Waals surface area contributed by atoms with Crippen molar-refractivity contribution in [3.05, 3.63) is 24.3 Å². The Labute approximate surface area is 171 Å². The van der Waals surface area contributed by atoms with E-state index in [4.69, 9.17) is 4.74 Å². The van der Waals surface area contributed by atoms with Gasteiger partial charge in [-0.15, -0.1) is 0 Å². The molecule has 0 spiro atoms. The maximum absolute atomic E-state index is 13.0. The first kappa shape index (κ1) is 19.9. The van der Waals surface area contributed by atoms with E-state index in [1.165, 1.54) is 4.90 Å². The summed E-state index contributed by atoms with van der Waals surface area (Å²) in [6.07, 6.45) is 1.39. The number of nitrogens with zero attached hydrogens (tertiary/aromatic N) is 2. The molecule has 1 saturated carbocycles. The lowest BCUT2D eigenvalue weighted by atomic mass is 9.62. The number of imide groups is 1. The number of nitrogens with one attached hydrogen (secondary N) is 1. The summed E-state index contributed by atoms with van der Waals surface area (Å²) in [5.41, 5.74) is 0.771. The Morgan fingerprint density at radius 3 is 2.45 bits per heavy atom. The van der Waals surface area contributed by atoms with Crippen LogP contribution in [0.2, 0.25) is 0 Å². The van der Waals surface area contributed by atoms with Gasteiger partial charge in [-0.05, 0) is 42.5 Å². The van der Waals surface area contributed by atoms with Gasteiger partial charge in [-0.1, -0.05) is 20.8 Å². The van der Waals surface area contributed by atoms with Crippen molar-refractivity contribution in [3.8, 4) is 0 Å². The van der Waals surface area contributed by atoms with Gasteiger partial charge in [0, 0.05) is 30.4 Å². The third-order valence-corrected chi connectivity index (χ3v) is 7.34. The van der Waals surface area contributed by atoms with Crippen LogP contribution in [0.1, 0.15) is 33.6 Å². The molecule has 1 N–H and O–H groups in total. The first-order valence-electron chi connectivity index (χ1n) is 10.3. The SMILES string of the molecule is CC12CCC(C(=O)N(CC(=O)Nc3ccc(N4CCOCC4)cc3)C1=O)C2(C)C. The molecule has 1 aromatic rings. The van der Waals surface area contributed by atoms with E-state index < -0.39 is 5.41 Å². The molecule has 29 heavy (non-hydrogen) atoms. The highest BCUT2D eigenvalue weighted by Crippen LogP contribution is 2.59. The first-order chi connectivity index (χ1) is 13.7. The molecule has 1 aromatic carbocycles. The lowest BCUT2D eigenvalue weighted by molar-refractivity contribution is -0.168. The number of carbonyl (C=O) groups excluding carboxylic acids is 3. The van der Waals surface area contributed by atoms with Crippen LogP contribution >= 0.6 is 0 Å². The minimum atomic E-state index is -0.592. The second-order valence-electron chi connectivity index (χ2n) is 9.07. The Morgan fingerprint density at radius 2 is 1.79 bits per heavy atom. The van der Waals surface area contributed by atoms with Crippen LogP contribution in [0.25, 0.3) is 0 Å². The topological polar surface area (TPSA) is 79.0 Å². The molecule has 0 aromatic heterocycles. The summed E-state index contributed by atoms with van der Waals surface area (Å²) in [7, 11) is 0. The number of ether oxygens (including phenoxy) is 1. The highest BCUT2D eigenvalue weighted by molar-refractivity contribution is 6.07. The zero-order valence-electron chi connectivity index (χ0n) is 17.4. The second kappa shape index (κ2) is 7.13. The van der Waals surface area contributed by atoms with Gasteiger partial charge in [0.2, 0.25) is 17.7 Å². The number of amides is 3. The molecule has 3 aliphatic rings. The number of fused-ring (bicyclic) bond motifs is 2. The van der Waals surface area contributed by atoms with Gasteiger partial charge in [-0.3, -0.25) is 19.3 Å². The number of morpholine rings is 1. The second-order valence-corrected chi connectivity index (χ2v) is 9.07. The Bertz CT molecular complexity index is 829. The van der Waals surface area contributed by atoms with Crippen LogP contribution in [0.15, 0.2) is 24.3 Å². The summed E-state index contributed by atoms with van der Waals surface area (Å²) in [5.74, 6) is -0.994. The van der Waals surface area contributed by atoms with E-state index in [1.807, 2.05) is 45.0 Å². The van der Waals surface area contributed by atoms with Crippen LogP contribution < -0.4 is 10.2 Å². The predicted octanol–water partition coefficient (Wildman–Crippen LogP) is 2.27. The van der Waals surface area contributed by atoms with Crippen molar-refractivity contribution in [2.45, 2.75) is 33.6 Å². The number of anilines is 2. The average Bonchev–Trinajstić information content (AvgIpc) is 2.90. The van der Waals surface area contributed by atoms with Crippen LogP contribution in [0.3, 0.4) is 0 Å². The summed E-state index contributed by atoms with van der Waals surface area (Å²) >= 11 is 0. The highest BCUT2D eigenvalue weighted by Gasteiger charge is 2.64. The van der Waals surface area contributed by atoms with Crippen molar-refractivity contribution in [2.75, 3.05) is 43.1 Å². The molecule has 156 valence electrons. The molecule has 2 heterocycles. The molecule has 2 unspecified atom stereocenters. The fourth-order valence-corrected chi connectivity index (χ4v) is 4.97. The van der Waals surface area contributed by atoms with E-state index in [1.54, 1.807) is 0 Å². The van der Waals surface area contributed by atoms with E-state index >= 15 is 0 Å². The van der Waals surface area contributed by atoms with Gasteiger partial charge < -0.3 is 15.0 Å². The van der Waals surface area contributed by atoms with E-state index in [0.29, 0.717) is 31.7 Å². The van der Waals surface area contributed by atoms with Gasteiger partial charge in [0.05, 0.1) is 18.6 Å². The Balaban J connectivity index is 1.41. The van der Waals surface area contributed by atoms with Gasteiger partial charge in [0.15, 0.2) is 0 Å². The molecule has 7 nitrogen and oxygen atoms in total. The number of benzene rings is 1. The largest absolute Gasteiger partial charge is 0.378 e. The normalized spacial score (nSPS) is 28.6. The van der Waals surface area contributed by atoms with E-state index in [2.05, 4.69) is 10.2 Å². The molecule has 0 radical (unpaired) electrons. The van der Waals surface area contributed by atoms with Crippen molar-refractivity contribution >= 4 is 29.1 Å². The van der Waals surface area contributed by atoms with Crippen LogP contribution in [0.5, 0.6) is 0 Å². The zero-order chi connectivity index (χ0) is 20.8. The van der Waals surface area contributed by atoms with Crippen molar-refractivity contribution in [1.82, 2.24) is 4.90 Å². The summed E-state index contributed by atoms with van der Waals surface area (Å²) < 4.78 is 5.37. The van der Waals surface area contributed by atoms with Gasteiger partial charge >= 0.3 is 0 Å². The fourth-order valence-electron chi connectivity index (χ4n) is 4.97. The number of likely N-dealkylation sites (tertiary alicyclic amines) is 1. The Kier molecular flexibility index (Phi) is 4.89. The predicted molar refractivity (Wildman–Crippen MR) is 109 cm³/mol. The van der Waals surface area contributed by atoms with E-state index in [-0.39, 0.29) is 35.6 Å².